The van der Waals surface area contributed by atoms with Crippen molar-refractivity contribution in [2.75, 3.05) is 11.9 Å². The number of aliphatic hydroxyl groups is 1. The third-order valence-electron chi connectivity index (χ3n) is 4.85. The second-order valence-electron chi connectivity index (χ2n) is 7.07. The van der Waals surface area contributed by atoms with E-state index in [1.54, 1.807) is 13.0 Å². The van der Waals surface area contributed by atoms with Crippen LogP contribution in [0.3, 0.4) is 0 Å². The van der Waals surface area contributed by atoms with Crippen molar-refractivity contribution in [2.24, 2.45) is 5.41 Å². The van der Waals surface area contributed by atoms with Gasteiger partial charge in [0.25, 0.3) is 0 Å². The maximum Gasteiger partial charge on any atom is 0.0992 e. The molecule has 0 heterocycles. The summed E-state index contributed by atoms with van der Waals surface area (Å²) in [4.78, 5) is 2.26. The van der Waals surface area contributed by atoms with E-state index in [2.05, 4.69) is 31.9 Å². The van der Waals surface area contributed by atoms with E-state index in [1.165, 1.54) is 25.7 Å². The van der Waals surface area contributed by atoms with Crippen LogP contribution in [0.2, 0.25) is 0 Å². The summed E-state index contributed by atoms with van der Waals surface area (Å²) in [6, 6.07) is 8.25. The minimum Gasteiger partial charge on any atom is -0.389 e. The van der Waals surface area contributed by atoms with E-state index in [-0.39, 0.29) is 0 Å². The van der Waals surface area contributed by atoms with Gasteiger partial charge in [-0.2, -0.15) is 5.26 Å². The van der Waals surface area contributed by atoms with Crippen molar-refractivity contribution in [2.45, 2.75) is 58.6 Å². The van der Waals surface area contributed by atoms with Crippen molar-refractivity contribution in [3.05, 3.63) is 29.3 Å². The first-order chi connectivity index (χ1) is 9.84. The number of anilines is 1. The minimum atomic E-state index is -0.518. The monoisotopic (exact) mass is 286 g/mol. The lowest BCUT2D eigenvalue weighted by Gasteiger charge is -2.40. The molecule has 0 saturated heterocycles. The van der Waals surface area contributed by atoms with E-state index in [0.29, 0.717) is 17.0 Å². The third kappa shape index (κ3) is 3.57. The lowest BCUT2D eigenvalue weighted by molar-refractivity contribution is 0.198. The van der Waals surface area contributed by atoms with Crippen LogP contribution in [-0.4, -0.2) is 18.2 Å². The summed E-state index contributed by atoms with van der Waals surface area (Å²) in [6.07, 6.45) is 4.27. The van der Waals surface area contributed by atoms with Gasteiger partial charge in [0.05, 0.1) is 17.7 Å². The van der Waals surface area contributed by atoms with Gasteiger partial charge >= 0.3 is 0 Å². The fraction of sp³-hybridized carbons (Fsp3) is 0.611. The van der Waals surface area contributed by atoms with Crippen LogP contribution in [0.25, 0.3) is 0 Å². The molecule has 0 spiro atoms. The molecule has 0 radical (unpaired) electrons. The highest BCUT2D eigenvalue weighted by Crippen LogP contribution is 2.39. The molecule has 0 amide bonds. The Balaban J connectivity index is 2.26. The van der Waals surface area contributed by atoms with Gasteiger partial charge in [-0.3, -0.25) is 0 Å². The Morgan fingerprint density at radius 3 is 2.48 bits per heavy atom. The van der Waals surface area contributed by atoms with Crippen LogP contribution in [0.1, 0.15) is 63.7 Å². The van der Waals surface area contributed by atoms with Gasteiger partial charge in [-0.1, -0.05) is 19.9 Å². The summed E-state index contributed by atoms with van der Waals surface area (Å²) in [5.41, 5.74) is 2.99. The number of nitrogens with zero attached hydrogens (tertiary/aromatic N) is 2. The number of benzene rings is 1. The normalized spacial score (nSPS) is 19.8. The smallest absolute Gasteiger partial charge is 0.0992 e. The molecule has 0 unspecified atom stereocenters. The summed E-state index contributed by atoms with van der Waals surface area (Å²) in [7, 11) is 2.09. The van der Waals surface area contributed by atoms with E-state index < -0.39 is 6.10 Å². The van der Waals surface area contributed by atoms with Gasteiger partial charge in [-0.25, -0.2) is 0 Å². The SMILES string of the molecule is C[C@@H](O)c1ccc(C#N)cc1N(C)C1CCC(C)(C)CC1. The predicted molar refractivity (Wildman–Crippen MR) is 86.2 cm³/mol. The van der Waals surface area contributed by atoms with Crippen LogP contribution in [0.15, 0.2) is 18.2 Å². The van der Waals surface area contributed by atoms with Crippen LogP contribution in [0, 0.1) is 16.7 Å². The highest BCUT2D eigenvalue weighted by molar-refractivity contribution is 5.58. The molecular formula is C18H26N2O. The molecule has 1 fully saturated rings. The number of hydrogen-bond donors (Lipinski definition) is 1. The third-order valence-corrected chi connectivity index (χ3v) is 4.85. The molecule has 1 aliphatic rings. The van der Waals surface area contributed by atoms with Crippen molar-refractivity contribution >= 4 is 5.69 Å². The predicted octanol–water partition coefficient (Wildman–Crippen LogP) is 4.02. The Morgan fingerprint density at radius 2 is 1.95 bits per heavy atom. The molecule has 1 saturated carbocycles. The summed E-state index contributed by atoms with van der Waals surface area (Å²) >= 11 is 0. The molecule has 0 aliphatic heterocycles. The Kier molecular flexibility index (Phi) is 4.58. The highest BCUT2D eigenvalue weighted by Gasteiger charge is 2.29. The van der Waals surface area contributed by atoms with Crippen LogP contribution in [0.4, 0.5) is 5.69 Å². The first kappa shape index (κ1) is 15.9. The van der Waals surface area contributed by atoms with Crippen molar-refractivity contribution < 1.29 is 5.11 Å². The Morgan fingerprint density at radius 1 is 1.33 bits per heavy atom. The standard InChI is InChI=1S/C18H26N2O/c1-13(21)16-6-5-14(12-19)11-17(16)20(4)15-7-9-18(2,3)10-8-15/h5-6,11,13,15,21H,7-10H2,1-4H3/t13-/m1/s1. The fourth-order valence-corrected chi connectivity index (χ4v) is 3.24. The van der Waals surface area contributed by atoms with Crippen LogP contribution >= 0.6 is 0 Å². The average Bonchev–Trinajstić information content (AvgIpc) is 2.45. The zero-order valence-electron chi connectivity index (χ0n) is 13.6. The molecule has 1 N–H and O–H groups in total. The molecule has 21 heavy (non-hydrogen) atoms. The van der Waals surface area contributed by atoms with E-state index >= 15 is 0 Å². The topological polar surface area (TPSA) is 47.3 Å². The number of rotatable bonds is 3. The van der Waals surface area contributed by atoms with Crippen LogP contribution < -0.4 is 4.90 Å². The summed E-state index contributed by atoms with van der Waals surface area (Å²) in [6.45, 7) is 6.45. The van der Waals surface area contributed by atoms with E-state index in [1.807, 2.05) is 12.1 Å². The van der Waals surface area contributed by atoms with Crippen molar-refractivity contribution in [3.63, 3.8) is 0 Å². The number of aliphatic hydroxyl groups excluding tert-OH is 1. The fourth-order valence-electron chi connectivity index (χ4n) is 3.24. The quantitative estimate of drug-likeness (QED) is 0.913. The largest absolute Gasteiger partial charge is 0.389 e. The highest BCUT2D eigenvalue weighted by atomic mass is 16.3. The molecule has 0 aromatic heterocycles. The maximum absolute atomic E-state index is 9.99. The zero-order valence-corrected chi connectivity index (χ0v) is 13.6. The van der Waals surface area contributed by atoms with E-state index in [9.17, 15) is 5.11 Å². The Labute approximate surface area is 128 Å². The first-order valence-electron chi connectivity index (χ1n) is 7.79. The second-order valence-corrected chi connectivity index (χ2v) is 7.07. The molecule has 1 aliphatic carbocycles. The Hall–Kier alpha value is -1.53. The van der Waals surface area contributed by atoms with Gasteiger partial charge in [0.1, 0.15) is 0 Å². The van der Waals surface area contributed by atoms with Crippen molar-refractivity contribution in [1.82, 2.24) is 0 Å². The van der Waals surface area contributed by atoms with Crippen LogP contribution in [-0.2, 0) is 0 Å². The molecule has 1 atom stereocenters. The molecule has 114 valence electrons. The summed E-state index contributed by atoms with van der Waals surface area (Å²) in [5, 5.41) is 19.1. The molecule has 2 rings (SSSR count). The Bertz CT molecular complexity index is 533. The molecule has 3 heteroatoms. The zero-order chi connectivity index (χ0) is 15.6. The lowest BCUT2D eigenvalue weighted by atomic mass is 9.75. The van der Waals surface area contributed by atoms with Gasteiger partial charge in [0, 0.05) is 24.3 Å². The van der Waals surface area contributed by atoms with Crippen molar-refractivity contribution in [1.29, 1.82) is 5.26 Å². The first-order valence-corrected chi connectivity index (χ1v) is 7.79. The van der Waals surface area contributed by atoms with Gasteiger partial charge in [-0.05, 0) is 50.2 Å². The maximum atomic E-state index is 9.99. The molecule has 0 bridgehead atoms. The van der Waals surface area contributed by atoms with Gasteiger partial charge in [0.15, 0.2) is 0 Å². The number of hydrogen-bond acceptors (Lipinski definition) is 3. The van der Waals surface area contributed by atoms with Gasteiger partial charge in [0.2, 0.25) is 0 Å². The van der Waals surface area contributed by atoms with E-state index in [4.69, 9.17) is 5.26 Å². The van der Waals surface area contributed by atoms with E-state index in [0.717, 1.165) is 11.3 Å². The minimum absolute atomic E-state index is 0.443. The molecule has 1 aromatic rings. The van der Waals surface area contributed by atoms with Gasteiger partial charge in [-0.15, -0.1) is 0 Å². The van der Waals surface area contributed by atoms with Gasteiger partial charge < -0.3 is 10.0 Å². The summed E-state index contributed by atoms with van der Waals surface area (Å²) < 4.78 is 0. The second kappa shape index (κ2) is 6.07. The van der Waals surface area contributed by atoms with Crippen LogP contribution in [0.5, 0.6) is 0 Å². The van der Waals surface area contributed by atoms with Crippen molar-refractivity contribution in [3.8, 4) is 6.07 Å². The number of nitriles is 1. The average molecular weight is 286 g/mol. The lowest BCUT2D eigenvalue weighted by Crippen LogP contribution is -2.37. The molecule has 3 nitrogen and oxygen atoms in total. The summed E-state index contributed by atoms with van der Waals surface area (Å²) in [5.74, 6) is 0. The molecular weight excluding hydrogens is 260 g/mol. The molecule has 1 aromatic carbocycles.